The summed E-state index contributed by atoms with van der Waals surface area (Å²) in [5, 5.41) is 5.87. The topological polar surface area (TPSA) is 18.5 Å². The van der Waals surface area contributed by atoms with Crippen molar-refractivity contribution in [2.75, 3.05) is 47.8 Å². The van der Waals surface area contributed by atoms with Crippen molar-refractivity contribution in [3.8, 4) is 0 Å². The van der Waals surface area contributed by atoms with Gasteiger partial charge in [-0.2, -0.15) is 0 Å². The summed E-state index contributed by atoms with van der Waals surface area (Å²) in [6.07, 6.45) is 0. The second kappa shape index (κ2) is 11.9. The van der Waals surface area contributed by atoms with Crippen molar-refractivity contribution in [1.29, 1.82) is 0 Å². The summed E-state index contributed by atoms with van der Waals surface area (Å²) in [7, 11) is 0. The molecular formula is C33H40ClN3. The van der Waals surface area contributed by atoms with Crippen molar-refractivity contribution in [3.63, 3.8) is 0 Å². The van der Waals surface area contributed by atoms with Crippen molar-refractivity contribution in [2.24, 2.45) is 0 Å². The van der Waals surface area contributed by atoms with Crippen LogP contribution in [0.3, 0.4) is 0 Å². The zero-order valence-electron chi connectivity index (χ0n) is 22.9. The number of nitrogens with one attached hydrogen (secondary N) is 1. The van der Waals surface area contributed by atoms with Crippen molar-refractivity contribution in [1.82, 2.24) is 0 Å². The fraction of sp³-hybridized carbons (Fsp3) is 0.333. The lowest BCUT2D eigenvalue weighted by Gasteiger charge is -2.32. The number of halogens is 1. The largest absolute Gasteiger partial charge is 0.385 e. The first kappa shape index (κ1) is 26.9. The third-order valence-electron chi connectivity index (χ3n) is 7.45. The Morgan fingerprint density at radius 2 is 1.05 bits per heavy atom. The Kier molecular flexibility index (Phi) is 8.66. The van der Waals surface area contributed by atoms with Crippen LogP contribution < -0.4 is 15.1 Å². The monoisotopic (exact) mass is 513 g/mol. The lowest BCUT2D eigenvalue weighted by Crippen LogP contribution is -2.25. The lowest BCUT2D eigenvalue weighted by atomic mass is 9.81. The molecule has 4 heteroatoms. The Hall–Kier alpha value is -3.17. The van der Waals surface area contributed by atoms with E-state index in [1.54, 1.807) is 0 Å². The molecule has 4 aromatic carbocycles. The van der Waals surface area contributed by atoms with Crippen molar-refractivity contribution >= 4 is 39.4 Å². The molecule has 0 fully saturated rings. The maximum Gasteiger partial charge on any atom is 0.120 e. The van der Waals surface area contributed by atoms with Gasteiger partial charge in [0.05, 0.1) is 0 Å². The average Bonchev–Trinajstić information content (AvgIpc) is 2.95. The van der Waals surface area contributed by atoms with E-state index < -0.39 is 4.87 Å². The van der Waals surface area contributed by atoms with Crippen molar-refractivity contribution in [2.45, 2.75) is 39.5 Å². The predicted molar refractivity (Wildman–Crippen MR) is 164 cm³/mol. The highest BCUT2D eigenvalue weighted by Gasteiger charge is 2.36. The van der Waals surface area contributed by atoms with Crippen LogP contribution in [0, 0.1) is 0 Å². The van der Waals surface area contributed by atoms with E-state index in [0.29, 0.717) is 0 Å². The Bertz CT molecular complexity index is 1230. The smallest absolute Gasteiger partial charge is 0.120 e. The molecule has 3 nitrogen and oxygen atoms in total. The molecule has 4 aromatic rings. The first-order valence-electron chi connectivity index (χ1n) is 13.7. The molecule has 0 aromatic heterocycles. The van der Waals surface area contributed by atoms with Crippen molar-refractivity contribution in [3.05, 3.63) is 102 Å². The Labute approximate surface area is 228 Å². The molecular weight excluding hydrogens is 474 g/mol. The summed E-state index contributed by atoms with van der Waals surface area (Å²) in [6, 6.07) is 30.6. The molecule has 0 saturated heterocycles. The van der Waals surface area contributed by atoms with Gasteiger partial charge in [-0.25, -0.2) is 0 Å². The van der Waals surface area contributed by atoms with Gasteiger partial charge in [-0.1, -0.05) is 54.6 Å². The van der Waals surface area contributed by atoms with E-state index >= 15 is 0 Å². The van der Waals surface area contributed by atoms with Gasteiger partial charge >= 0.3 is 0 Å². The van der Waals surface area contributed by atoms with Crippen LogP contribution in [0.1, 0.15) is 51.3 Å². The quantitative estimate of drug-likeness (QED) is 0.160. The molecule has 0 atom stereocenters. The van der Waals surface area contributed by atoms with Gasteiger partial charge in [0.25, 0.3) is 0 Å². The normalized spacial score (nSPS) is 11.5. The van der Waals surface area contributed by atoms with Gasteiger partial charge in [-0.3, -0.25) is 0 Å². The second-order valence-electron chi connectivity index (χ2n) is 9.33. The van der Waals surface area contributed by atoms with Crippen LogP contribution in [0.4, 0.5) is 17.1 Å². The fourth-order valence-electron chi connectivity index (χ4n) is 5.40. The number of nitrogens with zero attached hydrogens (tertiary/aromatic N) is 2. The third kappa shape index (κ3) is 5.15. The highest BCUT2D eigenvalue weighted by atomic mass is 35.5. The van der Waals surface area contributed by atoms with Crippen molar-refractivity contribution < 1.29 is 0 Å². The molecule has 0 radical (unpaired) electrons. The fourth-order valence-corrected chi connectivity index (χ4v) is 5.82. The molecule has 0 unspecified atom stereocenters. The molecule has 0 saturated carbocycles. The standard InChI is InChI=1S/C33H40ClN3/c1-6-35-32-24-23-31(29-13-11-12-14-30(29)32)33(34,25-15-19-27(20-16-25)36(7-2)8-3)26-17-21-28(22-18-26)37(9-4)10-5/h11-24,35H,6-10H2,1-5H3. The minimum atomic E-state index is -0.839. The second-order valence-corrected chi connectivity index (χ2v) is 9.90. The van der Waals surface area contributed by atoms with Gasteiger partial charge in [0, 0.05) is 55.2 Å². The maximum atomic E-state index is 7.88. The summed E-state index contributed by atoms with van der Waals surface area (Å²) in [6.45, 7) is 15.7. The van der Waals surface area contributed by atoms with Crippen LogP contribution >= 0.6 is 11.6 Å². The molecule has 0 amide bonds. The molecule has 194 valence electrons. The van der Waals surface area contributed by atoms with E-state index in [2.05, 4.69) is 135 Å². The Morgan fingerprint density at radius 1 is 0.595 bits per heavy atom. The van der Waals surface area contributed by atoms with E-state index in [4.69, 9.17) is 11.6 Å². The van der Waals surface area contributed by atoms with E-state index in [1.807, 2.05) is 0 Å². The Balaban J connectivity index is 1.93. The van der Waals surface area contributed by atoms with E-state index in [0.717, 1.165) is 60.5 Å². The van der Waals surface area contributed by atoms with Gasteiger partial charge in [0.1, 0.15) is 4.87 Å². The van der Waals surface area contributed by atoms with Gasteiger partial charge in [-0.05, 0) is 87.0 Å². The van der Waals surface area contributed by atoms with E-state index in [-0.39, 0.29) is 0 Å². The molecule has 0 spiro atoms. The van der Waals surface area contributed by atoms with Crippen LogP contribution in [-0.4, -0.2) is 32.7 Å². The number of fused-ring (bicyclic) bond motifs is 1. The van der Waals surface area contributed by atoms with Crippen LogP contribution in [0.15, 0.2) is 84.9 Å². The zero-order chi connectivity index (χ0) is 26.4. The third-order valence-corrected chi connectivity index (χ3v) is 8.09. The number of rotatable bonds is 11. The summed E-state index contributed by atoms with van der Waals surface area (Å²) >= 11 is 7.88. The number of alkyl halides is 1. The van der Waals surface area contributed by atoms with Gasteiger partial charge in [0.15, 0.2) is 0 Å². The van der Waals surface area contributed by atoms with Gasteiger partial charge in [0.2, 0.25) is 0 Å². The predicted octanol–water partition coefficient (Wildman–Crippen LogP) is 8.49. The van der Waals surface area contributed by atoms with Crippen LogP contribution in [0.25, 0.3) is 10.8 Å². The van der Waals surface area contributed by atoms with Gasteiger partial charge in [-0.15, -0.1) is 11.6 Å². The van der Waals surface area contributed by atoms with Gasteiger partial charge < -0.3 is 15.1 Å². The molecule has 0 heterocycles. The van der Waals surface area contributed by atoms with Crippen LogP contribution in [0.5, 0.6) is 0 Å². The van der Waals surface area contributed by atoms with E-state index in [1.165, 1.54) is 16.8 Å². The highest BCUT2D eigenvalue weighted by Crippen LogP contribution is 2.47. The minimum Gasteiger partial charge on any atom is -0.385 e. The summed E-state index contributed by atoms with van der Waals surface area (Å²) < 4.78 is 0. The molecule has 0 aliphatic heterocycles. The molecule has 0 bridgehead atoms. The number of anilines is 3. The highest BCUT2D eigenvalue weighted by molar-refractivity contribution is 6.29. The zero-order valence-corrected chi connectivity index (χ0v) is 23.6. The first-order valence-corrected chi connectivity index (χ1v) is 14.0. The molecule has 4 rings (SSSR count). The minimum absolute atomic E-state index is 0.839. The summed E-state index contributed by atoms with van der Waals surface area (Å²) in [4.78, 5) is 3.88. The molecule has 1 N–H and O–H groups in total. The summed E-state index contributed by atoms with van der Waals surface area (Å²) in [5.74, 6) is 0. The first-order chi connectivity index (χ1) is 18.0. The molecule has 0 aliphatic rings. The average molecular weight is 514 g/mol. The maximum absolute atomic E-state index is 7.88. The SMILES string of the molecule is CCNc1ccc(C(Cl)(c2ccc(N(CC)CC)cc2)c2ccc(N(CC)CC)cc2)c2ccccc12. The Morgan fingerprint density at radius 3 is 1.49 bits per heavy atom. The summed E-state index contributed by atoms with van der Waals surface area (Å²) in [5.41, 5.74) is 6.81. The molecule has 37 heavy (non-hydrogen) atoms. The number of benzene rings is 4. The van der Waals surface area contributed by atoms with E-state index in [9.17, 15) is 0 Å². The number of hydrogen-bond acceptors (Lipinski definition) is 3. The molecule has 0 aliphatic carbocycles. The van der Waals surface area contributed by atoms with Crippen LogP contribution in [-0.2, 0) is 4.87 Å². The lowest BCUT2D eigenvalue weighted by molar-refractivity contribution is 0.854. The number of hydrogen-bond donors (Lipinski definition) is 1. The van der Waals surface area contributed by atoms with Crippen LogP contribution in [0.2, 0.25) is 0 Å².